The van der Waals surface area contributed by atoms with Gasteiger partial charge in [-0.25, -0.2) is 0 Å². The zero-order valence-electron chi connectivity index (χ0n) is 10.7. The Bertz CT molecular complexity index is 450. The molecule has 18 heavy (non-hydrogen) atoms. The monoisotopic (exact) mass is 244 g/mol. The van der Waals surface area contributed by atoms with E-state index in [2.05, 4.69) is 16.7 Å². The van der Waals surface area contributed by atoms with E-state index in [-0.39, 0.29) is 5.91 Å². The van der Waals surface area contributed by atoms with Gasteiger partial charge in [0.25, 0.3) is 5.91 Å². The number of carbonyl (C=O) groups excluding carboxylic acids is 1. The molecule has 1 amide bonds. The summed E-state index contributed by atoms with van der Waals surface area (Å²) in [7, 11) is 0. The molecule has 1 heterocycles. The predicted molar refractivity (Wildman–Crippen MR) is 71.6 cm³/mol. The summed E-state index contributed by atoms with van der Waals surface area (Å²) in [6, 6.07) is 6.52. The summed E-state index contributed by atoms with van der Waals surface area (Å²) in [4.78, 5) is 12.2. The van der Waals surface area contributed by atoms with Crippen LogP contribution in [-0.2, 0) is 13.0 Å². The van der Waals surface area contributed by atoms with E-state index in [9.17, 15) is 4.79 Å². The smallest absolute Gasteiger partial charge is 0.251 e. The minimum atomic E-state index is 0.0928. The summed E-state index contributed by atoms with van der Waals surface area (Å²) in [5.74, 6) is 0.0928. The maximum atomic E-state index is 12.2. The maximum absolute atomic E-state index is 12.2. The normalized spacial score (nSPS) is 19.6. The van der Waals surface area contributed by atoms with E-state index in [1.807, 2.05) is 12.1 Å². The lowest BCUT2D eigenvalue weighted by molar-refractivity contribution is 0.0937. The molecule has 3 nitrogen and oxygen atoms in total. The van der Waals surface area contributed by atoms with Gasteiger partial charge in [0.15, 0.2) is 0 Å². The fourth-order valence-electron chi connectivity index (χ4n) is 2.96. The van der Waals surface area contributed by atoms with Gasteiger partial charge in [-0.05, 0) is 49.1 Å². The third-order valence-corrected chi connectivity index (χ3v) is 4.05. The van der Waals surface area contributed by atoms with E-state index < -0.39 is 0 Å². The van der Waals surface area contributed by atoms with Gasteiger partial charge < -0.3 is 10.6 Å². The number of hydrogen-bond donors (Lipinski definition) is 2. The lowest BCUT2D eigenvalue weighted by Crippen LogP contribution is -2.33. The summed E-state index contributed by atoms with van der Waals surface area (Å²) in [5, 5.41) is 6.49. The SMILES string of the molecule is O=C(NC1CCCC1)c1ccc2c(c1)CNCC2. The maximum Gasteiger partial charge on any atom is 0.251 e. The zero-order valence-corrected chi connectivity index (χ0v) is 10.7. The van der Waals surface area contributed by atoms with E-state index in [1.165, 1.54) is 24.0 Å². The van der Waals surface area contributed by atoms with E-state index in [4.69, 9.17) is 0 Å². The molecular formula is C15H20N2O. The molecule has 96 valence electrons. The Hall–Kier alpha value is -1.35. The van der Waals surface area contributed by atoms with Crippen LogP contribution in [-0.4, -0.2) is 18.5 Å². The molecule has 0 unspecified atom stereocenters. The average Bonchev–Trinajstić information content (AvgIpc) is 2.91. The minimum absolute atomic E-state index is 0.0928. The highest BCUT2D eigenvalue weighted by molar-refractivity contribution is 5.94. The molecule has 2 aliphatic rings. The summed E-state index contributed by atoms with van der Waals surface area (Å²) in [6.07, 6.45) is 5.84. The second-order valence-electron chi connectivity index (χ2n) is 5.37. The van der Waals surface area contributed by atoms with Crippen molar-refractivity contribution in [2.45, 2.75) is 44.7 Å². The van der Waals surface area contributed by atoms with Gasteiger partial charge in [-0.15, -0.1) is 0 Å². The van der Waals surface area contributed by atoms with E-state index in [0.29, 0.717) is 6.04 Å². The first-order valence-electron chi connectivity index (χ1n) is 6.96. The van der Waals surface area contributed by atoms with E-state index in [0.717, 1.165) is 37.9 Å². The van der Waals surface area contributed by atoms with Gasteiger partial charge in [-0.3, -0.25) is 4.79 Å². The topological polar surface area (TPSA) is 41.1 Å². The highest BCUT2D eigenvalue weighted by Gasteiger charge is 2.18. The first kappa shape index (κ1) is 11.7. The Morgan fingerprint density at radius 1 is 1.22 bits per heavy atom. The molecule has 1 aromatic carbocycles. The largest absolute Gasteiger partial charge is 0.349 e. The molecule has 0 spiro atoms. The van der Waals surface area contributed by atoms with Crippen LogP contribution in [0.5, 0.6) is 0 Å². The summed E-state index contributed by atoms with van der Waals surface area (Å²) < 4.78 is 0. The standard InChI is InChI=1S/C15H20N2O/c18-15(17-14-3-1-2-4-14)12-6-5-11-7-8-16-10-13(11)9-12/h5-6,9,14,16H,1-4,7-8,10H2,(H,17,18). The third-order valence-electron chi connectivity index (χ3n) is 4.05. The van der Waals surface area contributed by atoms with Gasteiger partial charge in [-0.1, -0.05) is 18.9 Å². The van der Waals surface area contributed by atoms with E-state index in [1.54, 1.807) is 0 Å². The van der Waals surface area contributed by atoms with Gasteiger partial charge in [0.2, 0.25) is 0 Å². The van der Waals surface area contributed by atoms with Crippen molar-refractivity contribution in [3.8, 4) is 0 Å². The Morgan fingerprint density at radius 2 is 2.06 bits per heavy atom. The highest BCUT2D eigenvalue weighted by atomic mass is 16.1. The first-order valence-corrected chi connectivity index (χ1v) is 6.96. The summed E-state index contributed by atoms with van der Waals surface area (Å²) >= 11 is 0. The number of carbonyl (C=O) groups is 1. The lowest BCUT2D eigenvalue weighted by atomic mass is 9.98. The van der Waals surface area contributed by atoms with Crippen LogP contribution in [0.3, 0.4) is 0 Å². The van der Waals surface area contributed by atoms with Crippen molar-refractivity contribution in [3.63, 3.8) is 0 Å². The van der Waals surface area contributed by atoms with Crippen LogP contribution in [0.1, 0.15) is 47.2 Å². The molecule has 1 saturated carbocycles. The van der Waals surface area contributed by atoms with Gasteiger partial charge in [0, 0.05) is 18.2 Å². The molecule has 0 bridgehead atoms. The minimum Gasteiger partial charge on any atom is -0.349 e. The zero-order chi connectivity index (χ0) is 12.4. The number of amides is 1. The average molecular weight is 244 g/mol. The van der Waals surface area contributed by atoms with Gasteiger partial charge in [-0.2, -0.15) is 0 Å². The van der Waals surface area contributed by atoms with Crippen molar-refractivity contribution in [1.82, 2.24) is 10.6 Å². The second kappa shape index (κ2) is 5.11. The van der Waals surface area contributed by atoms with Crippen LogP contribution >= 0.6 is 0 Å². The summed E-state index contributed by atoms with van der Waals surface area (Å²) in [6.45, 7) is 1.93. The van der Waals surface area contributed by atoms with Crippen molar-refractivity contribution in [2.24, 2.45) is 0 Å². The van der Waals surface area contributed by atoms with Crippen LogP contribution < -0.4 is 10.6 Å². The third kappa shape index (κ3) is 2.41. The highest BCUT2D eigenvalue weighted by Crippen LogP contribution is 2.19. The van der Waals surface area contributed by atoms with Gasteiger partial charge in [0.05, 0.1) is 0 Å². The number of nitrogens with one attached hydrogen (secondary N) is 2. The molecule has 0 radical (unpaired) electrons. The Kier molecular flexibility index (Phi) is 3.33. The molecule has 0 saturated heterocycles. The fraction of sp³-hybridized carbons (Fsp3) is 0.533. The van der Waals surface area contributed by atoms with Crippen molar-refractivity contribution < 1.29 is 4.79 Å². The molecule has 0 atom stereocenters. The molecule has 1 aromatic rings. The van der Waals surface area contributed by atoms with Crippen molar-refractivity contribution >= 4 is 5.91 Å². The molecular weight excluding hydrogens is 224 g/mol. The number of hydrogen-bond acceptors (Lipinski definition) is 2. The quantitative estimate of drug-likeness (QED) is 0.835. The molecule has 1 aliphatic heterocycles. The van der Waals surface area contributed by atoms with Crippen LogP contribution in [0.25, 0.3) is 0 Å². The molecule has 3 heteroatoms. The lowest BCUT2D eigenvalue weighted by Gasteiger charge is -2.18. The van der Waals surface area contributed by atoms with Crippen molar-refractivity contribution in [3.05, 3.63) is 34.9 Å². The van der Waals surface area contributed by atoms with Gasteiger partial charge in [0.1, 0.15) is 0 Å². The Balaban J connectivity index is 1.73. The number of rotatable bonds is 2. The van der Waals surface area contributed by atoms with Crippen molar-refractivity contribution in [1.29, 1.82) is 0 Å². The molecule has 1 fully saturated rings. The van der Waals surface area contributed by atoms with Gasteiger partial charge >= 0.3 is 0 Å². The Morgan fingerprint density at radius 3 is 2.89 bits per heavy atom. The van der Waals surface area contributed by atoms with E-state index >= 15 is 0 Å². The number of fused-ring (bicyclic) bond motifs is 1. The number of benzene rings is 1. The van der Waals surface area contributed by atoms with Crippen LogP contribution in [0, 0.1) is 0 Å². The van der Waals surface area contributed by atoms with Crippen molar-refractivity contribution in [2.75, 3.05) is 6.54 Å². The second-order valence-corrected chi connectivity index (χ2v) is 5.37. The first-order chi connectivity index (χ1) is 8.83. The van der Waals surface area contributed by atoms with Crippen LogP contribution in [0.15, 0.2) is 18.2 Å². The molecule has 0 aromatic heterocycles. The van der Waals surface area contributed by atoms with Crippen LogP contribution in [0.2, 0.25) is 0 Å². The molecule has 3 rings (SSSR count). The fourth-order valence-corrected chi connectivity index (χ4v) is 2.96. The van der Waals surface area contributed by atoms with Crippen LogP contribution in [0.4, 0.5) is 0 Å². The summed E-state index contributed by atoms with van der Waals surface area (Å²) in [5.41, 5.74) is 3.47. The molecule has 1 aliphatic carbocycles. The predicted octanol–water partition coefficient (Wildman–Crippen LogP) is 2.00. The Labute approximate surface area is 108 Å². The molecule has 2 N–H and O–H groups in total.